The average molecular weight is 408 g/mol. The minimum atomic E-state index is 0.364. The van der Waals surface area contributed by atoms with Gasteiger partial charge in [0, 0.05) is 50.7 Å². The molecule has 0 saturated carbocycles. The van der Waals surface area contributed by atoms with E-state index < -0.39 is 0 Å². The van der Waals surface area contributed by atoms with Crippen LogP contribution in [0.4, 0.5) is 0 Å². The fourth-order valence-electron chi connectivity index (χ4n) is 4.19. The smallest absolute Gasteiger partial charge is 0.191 e. The van der Waals surface area contributed by atoms with Crippen molar-refractivity contribution < 1.29 is 4.74 Å². The van der Waals surface area contributed by atoms with Crippen LogP contribution in [0.15, 0.2) is 22.5 Å². The maximum absolute atomic E-state index is 5.54. The van der Waals surface area contributed by atoms with Gasteiger partial charge in [0.25, 0.3) is 0 Å². The van der Waals surface area contributed by atoms with E-state index in [1.165, 1.54) is 30.8 Å². The Bertz CT molecular complexity index is 588. The second kappa shape index (κ2) is 11.1. The third-order valence-electron chi connectivity index (χ3n) is 5.92. The summed E-state index contributed by atoms with van der Waals surface area (Å²) in [5, 5.41) is 9.27. The van der Waals surface area contributed by atoms with E-state index in [1.54, 1.807) is 0 Å². The van der Waals surface area contributed by atoms with Crippen LogP contribution in [0, 0.1) is 5.92 Å². The first kappa shape index (κ1) is 21.6. The zero-order chi connectivity index (χ0) is 19.8. The molecule has 1 aromatic rings. The Labute approximate surface area is 174 Å². The normalized spacial score (nSPS) is 24.7. The van der Waals surface area contributed by atoms with Crippen LogP contribution >= 0.6 is 11.3 Å². The number of aliphatic imine (C=N–C) groups is 1. The summed E-state index contributed by atoms with van der Waals surface area (Å²) in [6.45, 7) is 12.5. The summed E-state index contributed by atoms with van der Waals surface area (Å²) in [7, 11) is 1.86. The lowest BCUT2D eigenvalue weighted by molar-refractivity contribution is 0.0177. The fraction of sp³-hybridized carbons (Fsp3) is 0.762. The molecule has 0 bridgehead atoms. The Hall–Kier alpha value is -1.15. The van der Waals surface area contributed by atoms with Gasteiger partial charge in [0.15, 0.2) is 5.96 Å². The molecule has 3 heterocycles. The first-order valence-electron chi connectivity index (χ1n) is 10.7. The highest BCUT2D eigenvalue weighted by Crippen LogP contribution is 2.25. The highest BCUT2D eigenvalue weighted by atomic mass is 32.1. The van der Waals surface area contributed by atoms with Gasteiger partial charge in [-0.05, 0) is 43.7 Å². The summed E-state index contributed by atoms with van der Waals surface area (Å²) in [5.41, 5.74) is 0. The van der Waals surface area contributed by atoms with Crippen LogP contribution in [0.2, 0.25) is 0 Å². The molecule has 2 fully saturated rings. The third kappa shape index (κ3) is 6.17. The number of nitrogens with zero attached hydrogens (tertiary/aromatic N) is 3. The molecule has 7 heteroatoms. The van der Waals surface area contributed by atoms with E-state index in [4.69, 9.17) is 4.74 Å². The van der Waals surface area contributed by atoms with Crippen LogP contribution in [0.1, 0.15) is 37.6 Å². The number of nitrogens with one attached hydrogen (secondary N) is 2. The van der Waals surface area contributed by atoms with Crippen LogP contribution in [0.25, 0.3) is 0 Å². The van der Waals surface area contributed by atoms with Gasteiger partial charge in [0.05, 0.1) is 19.3 Å². The maximum atomic E-state index is 5.54. The van der Waals surface area contributed by atoms with E-state index >= 15 is 0 Å². The quantitative estimate of drug-likeness (QED) is 0.537. The summed E-state index contributed by atoms with van der Waals surface area (Å²) in [5.74, 6) is 1.71. The predicted molar refractivity (Wildman–Crippen MR) is 118 cm³/mol. The lowest BCUT2D eigenvalue weighted by Crippen LogP contribution is -2.50. The molecule has 28 heavy (non-hydrogen) atoms. The van der Waals surface area contributed by atoms with E-state index in [-0.39, 0.29) is 0 Å². The number of ether oxygens (including phenoxy) is 1. The lowest BCUT2D eigenvalue weighted by atomic mass is 9.99. The van der Waals surface area contributed by atoms with Gasteiger partial charge >= 0.3 is 0 Å². The molecule has 0 aromatic carbocycles. The molecule has 6 nitrogen and oxygen atoms in total. The van der Waals surface area contributed by atoms with E-state index in [0.717, 1.165) is 51.3 Å². The van der Waals surface area contributed by atoms with Gasteiger partial charge in [0.1, 0.15) is 0 Å². The molecule has 158 valence electrons. The SMILES string of the molecule is CN=C(NCC(C)N1CCCC(C)C1)NCC(c1cccs1)N1CCOCC1. The zero-order valence-electron chi connectivity index (χ0n) is 17.7. The molecule has 3 rings (SSSR count). The Morgan fingerprint density at radius 1 is 1.25 bits per heavy atom. The van der Waals surface area contributed by atoms with Crippen LogP contribution in [0.5, 0.6) is 0 Å². The number of piperidine rings is 1. The molecule has 0 amide bonds. The molecule has 2 N–H and O–H groups in total. The highest BCUT2D eigenvalue weighted by molar-refractivity contribution is 7.10. The molecule has 0 aliphatic carbocycles. The van der Waals surface area contributed by atoms with Gasteiger partial charge in [0.2, 0.25) is 0 Å². The van der Waals surface area contributed by atoms with Crippen molar-refractivity contribution in [2.75, 3.05) is 59.5 Å². The summed E-state index contributed by atoms with van der Waals surface area (Å²) < 4.78 is 5.54. The van der Waals surface area contributed by atoms with E-state index in [0.29, 0.717) is 12.1 Å². The molecule has 0 spiro atoms. The number of rotatable bonds is 7. The molecule has 2 aliphatic rings. The Kier molecular flexibility index (Phi) is 8.58. The zero-order valence-corrected chi connectivity index (χ0v) is 18.5. The van der Waals surface area contributed by atoms with Gasteiger partial charge in [-0.2, -0.15) is 0 Å². The van der Waals surface area contributed by atoms with Crippen molar-refractivity contribution in [2.24, 2.45) is 10.9 Å². The maximum Gasteiger partial charge on any atom is 0.191 e. The summed E-state index contributed by atoms with van der Waals surface area (Å²) in [6.07, 6.45) is 2.69. The number of guanidine groups is 1. The van der Waals surface area contributed by atoms with Crippen LogP contribution in [-0.4, -0.2) is 81.3 Å². The topological polar surface area (TPSA) is 52.1 Å². The van der Waals surface area contributed by atoms with Crippen molar-refractivity contribution in [1.29, 1.82) is 0 Å². The standard InChI is InChI=1S/C21H37N5OS/c1-17-6-4-8-26(16-17)18(2)14-23-21(22-3)24-15-19(20-7-5-13-28-20)25-9-11-27-12-10-25/h5,7,13,17-19H,4,6,8-12,14-16H2,1-3H3,(H2,22,23,24). The Morgan fingerprint density at radius 2 is 2.04 bits per heavy atom. The minimum Gasteiger partial charge on any atom is -0.379 e. The number of likely N-dealkylation sites (tertiary alicyclic amines) is 1. The van der Waals surface area contributed by atoms with Gasteiger partial charge in [-0.1, -0.05) is 13.0 Å². The van der Waals surface area contributed by atoms with Crippen molar-refractivity contribution in [3.63, 3.8) is 0 Å². The summed E-state index contributed by atoms with van der Waals surface area (Å²) in [4.78, 5) is 11.0. The van der Waals surface area contributed by atoms with Crippen LogP contribution < -0.4 is 10.6 Å². The lowest BCUT2D eigenvalue weighted by Gasteiger charge is -2.36. The van der Waals surface area contributed by atoms with Gasteiger partial charge in [-0.15, -0.1) is 11.3 Å². The monoisotopic (exact) mass is 407 g/mol. The van der Waals surface area contributed by atoms with Crippen LogP contribution in [0.3, 0.4) is 0 Å². The predicted octanol–water partition coefficient (Wildman–Crippen LogP) is 2.41. The third-order valence-corrected chi connectivity index (χ3v) is 6.89. The minimum absolute atomic E-state index is 0.364. The first-order chi connectivity index (χ1) is 13.7. The Balaban J connectivity index is 1.50. The van der Waals surface area contributed by atoms with Crippen molar-refractivity contribution >= 4 is 17.3 Å². The molecule has 3 atom stereocenters. The highest BCUT2D eigenvalue weighted by Gasteiger charge is 2.24. The molecular formula is C21H37N5OS. The second-order valence-electron chi connectivity index (χ2n) is 8.10. The molecule has 0 radical (unpaired) electrons. The molecule has 3 unspecified atom stereocenters. The second-order valence-corrected chi connectivity index (χ2v) is 9.08. The summed E-state index contributed by atoms with van der Waals surface area (Å²) in [6, 6.07) is 5.26. The van der Waals surface area contributed by atoms with Crippen molar-refractivity contribution in [2.45, 2.75) is 38.8 Å². The van der Waals surface area contributed by atoms with Gasteiger partial charge in [-0.25, -0.2) is 0 Å². The Morgan fingerprint density at radius 3 is 2.71 bits per heavy atom. The van der Waals surface area contributed by atoms with Gasteiger partial charge in [-0.3, -0.25) is 14.8 Å². The summed E-state index contributed by atoms with van der Waals surface area (Å²) >= 11 is 1.83. The largest absolute Gasteiger partial charge is 0.379 e. The number of thiophene rings is 1. The van der Waals surface area contributed by atoms with Crippen molar-refractivity contribution in [3.8, 4) is 0 Å². The van der Waals surface area contributed by atoms with E-state index in [9.17, 15) is 0 Å². The molecular weight excluding hydrogens is 370 g/mol. The average Bonchev–Trinajstić information content (AvgIpc) is 3.25. The van der Waals surface area contributed by atoms with Crippen molar-refractivity contribution in [1.82, 2.24) is 20.4 Å². The van der Waals surface area contributed by atoms with Gasteiger partial charge < -0.3 is 15.4 Å². The number of morpholine rings is 1. The van der Waals surface area contributed by atoms with E-state index in [2.05, 4.69) is 56.8 Å². The fourth-order valence-corrected chi connectivity index (χ4v) is 5.05. The number of hydrogen-bond acceptors (Lipinski definition) is 5. The first-order valence-corrected chi connectivity index (χ1v) is 11.6. The molecule has 2 saturated heterocycles. The molecule has 2 aliphatic heterocycles. The van der Waals surface area contributed by atoms with Crippen molar-refractivity contribution in [3.05, 3.63) is 22.4 Å². The van der Waals surface area contributed by atoms with E-state index in [1.807, 2.05) is 18.4 Å². The number of hydrogen-bond donors (Lipinski definition) is 2. The van der Waals surface area contributed by atoms with Crippen LogP contribution in [-0.2, 0) is 4.74 Å². The molecule has 1 aromatic heterocycles.